The summed E-state index contributed by atoms with van der Waals surface area (Å²) in [6.07, 6.45) is 0.574. The molecule has 2 nitrogen and oxygen atoms in total. The van der Waals surface area contributed by atoms with Crippen LogP contribution in [-0.2, 0) is 6.54 Å². The smallest absolute Gasteiger partial charge is 0.254 e. The topological polar surface area (TPSA) is 20.3 Å². The molecule has 0 spiro atoms. The first-order chi connectivity index (χ1) is 8.96. The van der Waals surface area contributed by atoms with Gasteiger partial charge in [-0.1, -0.05) is 22.0 Å². The first-order valence-corrected chi connectivity index (χ1v) is 7.23. The molecule has 1 saturated carbocycles. The van der Waals surface area contributed by atoms with Crippen molar-refractivity contribution in [3.8, 4) is 0 Å². The van der Waals surface area contributed by atoms with Crippen molar-refractivity contribution in [2.24, 2.45) is 0 Å². The van der Waals surface area contributed by atoms with Gasteiger partial charge in [0.15, 0.2) is 0 Å². The molecule has 1 aliphatic carbocycles. The van der Waals surface area contributed by atoms with Crippen molar-refractivity contribution in [3.05, 3.63) is 33.8 Å². The maximum atomic E-state index is 13.2. The molecule has 0 saturated heterocycles. The van der Waals surface area contributed by atoms with Gasteiger partial charge in [0.05, 0.1) is 0 Å². The average molecular weight is 330 g/mol. The molecular formula is C14H14BrF2NO. The molecule has 1 amide bonds. The van der Waals surface area contributed by atoms with Gasteiger partial charge in [0.1, 0.15) is 0 Å². The molecule has 1 fully saturated rings. The van der Waals surface area contributed by atoms with Crippen LogP contribution >= 0.6 is 15.9 Å². The lowest BCUT2D eigenvalue weighted by Crippen LogP contribution is -2.40. The lowest BCUT2D eigenvalue weighted by atomic mass is 9.91. The van der Waals surface area contributed by atoms with E-state index < -0.39 is 5.92 Å². The van der Waals surface area contributed by atoms with E-state index in [1.54, 1.807) is 4.90 Å². The molecule has 0 aromatic heterocycles. The molecule has 1 heterocycles. The standard InChI is InChI=1S/C14H14BrF2NO/c15-10-2-1-9-8-18(13(19)12(9)7-10)11-3-5-14(16,17)6-4-11/h1-2,7,11H,3-6,8H2. The Morgan fingerprint density at radius 1 is 1.26 bits per heavy atom. The highest BCUT2D eigenvalue weighted by molar-refractivity contribution is 9.10. The first-order valence-electron chi connectivity index (χ1n) is 6.43. The molecule has 0 N–H and O–H groups in total. The van der Waals surface area contributed by atoms with E-state index in [1.165, 1.54) is 0 Å². The van der Waals surface area contributed by atoms with Crippen molar-refractivity contribution in [1.82, 2.24) is 4.90 Å². The summed E-state index contributed by atoms with van der Waals surface area (Å²) in [5.74, 6) is -2.57. The number of nitrogens with zero attached hydrogens (tertiary/aromatic N) is 1. The number of rotatable bonds is 1. The van der Waals surface area contributed by atoms with Gasteiger partial charge in [-0.3, -0.25) is 4.79 Å². The summed E-state index contributed by atoms with van der Waals surface area (Å²) in [6.45, 7) is 0.553. The van der Waals surface area contributed by atoms with E-state index in [2.05, 4.69) is 15.9 Å². The molecule has 1 aromatic rings. The van der Waals surface area contributed by atoms with Crippen LogP contribution < -0.4 is 0 Å². The fourth-order valence-corrected chi connectivity index (χ4v) is 3.29. The van der Waals surface area contributed by atoms with E-state index in [4.69, 9.17) is 0 Å². The highest BCUT2D eigenvalue weighted by Crippen LogP contribution is 2.38. The summed E-state index contributed by atoms with van der Waals surface area (Å²) in [5.41, 5.74) is 1.69. The lowest BCUT2D eigenvalue weighted by molar-refractivity contribution is -0.0510. The molecule has 0 bridgehead atoms. The van der Waals surface area contributed by atoms with Crippen molar-refractivity contribution in [1.29, 1.82) is 0 Å². The van der Waals surface area contributed by atoms with Gasteiger partial charge in [0.25, 0.3) is 5.91 Å². The zero-order valence-electron chi connectivity index (χ0n) is 10.3. The highest BCUT2D eigenvalue weighted by atomic mass is 79.9. The van der Waals surface area contributed by atoms with Crippen molar-refractivity contribution < 1.29 is 13.6 Å². The third kappa shape index (κ3) is 2.40. The van der Waals surface area contributed by atoms with Crippen LogP contribution in [0.1, 0.15) is 41.6 Å². The molecule has 3 rings (SSSR count). The number of halogens is 3. The van der Waals surface area contributed by atoms with E-state index in [-0.39, 0.29) is 24.8 Å². The lowest BCUT2D eigenvalue weighted by Gasteiger charge is -2.34. The third-order valence-electron chi connectivity index (χ3n) is 4.03. The fraction of sp³-hybridized carbons (Fsp3) is 0.500. The van der Waals surface area contributed by atoms with Gasteiger partial charge in [-0.2, -0.15) is 0 Å². The van der Waals surface area contributed by atoms with Crippen molar-refractivity contribution in [3.63, 3.8) is 0 Å². The van der Waals surface area contributed by atoms with Crippen LogP contribution in [0, 0.1) is 0 Å². The Morgan fingerprint density at radius 3 is 2.63 bits per heavy atom. The van der Waals surface area contributed by atoms with Gasteiger partial charge in [0.2, 0.25) is 5.92 Å². The average Bonchev–Trinajstić information content (AvgIpc) is 2.67. The highest BCUT2D eigenvalue weighted by Gasteiger charge is 2.40. The van der Waals surface area contributed by atoms with Crippen LogP contribution in [0.25, 0.3) is 0 Å². The SMILES string of the molecule is O=C1c2cc(Br)ccc2CN1C1CCC(F)(F)CC1. The Bertz CT molecular complexity index is 522. The van der Waals surface area contributed by atoms with Gasteiger partial charge < -0.3 is 4.90 Å². The molecular weight excluding hydrogens is 316 g/mol. The largest absolute Gasteiger partial charge is 0.331 e. The van der Waals surface area contributed by atoms with Crippen molar-refractivity contribution in [2.75, 3.05) is 0 Å². The summed E-state index contributed by atoms with van der Waals surface area (Å²) >= 11 is 3.35. The molecule has 5 heteroatoms. The molecule has 102 valence electrons. The van der Waals surface area contributed by atoms with E-state index in [1.807, 2.05) is 18.2 Å². The quantitative estimate of drug-likeness (QED) is 0.763. The number of benzene rings is 1. The maximum absolute atomic E-state index is 13.2. The Labute approximate surface area is 118 Å². The Kier molecular flexibility index (Phi) is 3.12. The van der Waals surface area contributed by atoms with Crippen LogP contribution in [0.15, 0.2) is 22.7 Å². The monoisotopic (exact) mass is 329 g/mol. The Balaban J connectivity index is 1.77. The minimum absolute atomic E-state index is 0.0217. The van der Waals surface area contributed by atoms with E-state index in [0.29, 0.717) is 24.9 Å². The van der Waals surface area contributed by atoms with E-state index in [9.17, 15) is 13.6 Å². The van der Waals surface area contributed by atoms with Gasteiger partial charge in [-0.15, -0.1) is 0 Å². The summed E-state index contributed by atoms with van der Waals surface area (Å²) in [4.78, 5) is 14.1. The molecule has 2 aliphatic rings. The third-order valence-corrected chi connectivity index (χ3v) is 4.52. The second-order valence-electron chi connectivity index (χ2n) is 5.32. The van der Waals surface area contributed by atoms with Gasteiger partial charge >= 0.3 is 0 Å². The number of fused-ring (bicyclic) bond motifs is 1. The fourth-order valence-electron chi connectivity index (χ4n) is 2.93. The first kappa shape index (κ1) is 13.0. The molecule has 0 atom stereocenters. The summed E-state index contributed by atoms with van der Waals surface area (Å²) in [6, 6.07) is 5.60. The number of carbonyl (C=O) groups excluding carboxylic acids is 1. The normalized spacial score (nSPS) is 22.7. The molecule has 0 unspecified atom stereocenters. The predicted molar refractivity (Wildman–Crippen MR) is 71.2 cm³/mol. The summed E-state index contributed by atoms with van der Waals surface area (Å²) in [5, 5.41) is 0. The van der Waals surface area contributed by atoms with Crippen molar-refractivity contribution in [2.45, 2.75) is 44.2 Å². The summed E-state index contributed by atoms with van der Waals surface area (Å²) in [7, 11) is 0. The minimum Gasteiger partial charge on any atom is -0.331 e. The Hall–Kier alpha value is -0.970. The number of carbonyl (C=O) groups is 1. The molecule has 19 heavy (non-hydrogen) atoms. The predicted octanol–water partition coefficient (Wildman–Crippen LogP) is 3.98. The Morgan fingerprint density at radius 2 is 1.95 bits per heavy atom. The molecule has 1 aromatic carbocycles. The number of hydrogen-bond donors (Lipinski definition) is 0. The number of alkyl halides is 2. The second kappa shape index (κ2) is 4.54. The van der Waals surface area contributed by atoms with Gasteiger partial charge in [0, 0.05) is 35.5 Å². The van der Waals surface area contributed by atoms with Crippen LogP contribution in [0.5, 0.6) is 0 Å². The van der Waals surface area contributed by atoms with Gasteiger partial charge in [-0.25, -0.2) is 8.78 Å². The maximum Gasteiger partial charge on any atom is 0.254 e. The van der Waals surface area contributed by atoms with E-state index in [0.717, 1.165) is 10.0 Å². The molecule has 0 radical (unpaired) electrons. The number of hydrogen-bond acceptors (Lipinski definition) is 1. The summed E-state index contributed by atoms with van der Waals surface area (Å²) < 4.78 is 27.2. The minimum atomic E-state index is -2.55. The molecule has 1 aliphatic heterocycles. The zero-order valence-corrected chi connectivity index (χ0v) is 11.9. The zero-order chi connectivity index (χ0) is 13.6. The second-order valence-corrected chi connectivity index (χ2v) is 6.24. The van der Waals surface area contributed by atoms with E-state index >= 15 is 0 Å². The van der Waals surface area contributed by atoms with Crippen LogP contribution in [0.3, 0.4) is 0 Å². The van der Waals surface area contributed by atoms with Crippen molar-refractivity contribution >= 4 is 21.8 Å². The van der Waals surface area contributed by atoms with Crippen LogP contribution in [0.2, 0.25) is 0 Å². The number of amides is 1. The van der Waals surface area contributed by atoms with Crippen LogP contribution in [-0.4, -0.2) is 22.8 Å². The van der Waals surface area contributed by atoms with Crippen LogP contribution in [0.4, 0.5) is 8.78 Å². The van der Waals surface area contributed by atoms with Gasteiger partial charge in [-0.05, 0) is 30.5 Å².